The van der Waals surface area contributed by atoms with Gasteiger partial charge in [0.05, 0.1) is 11.4 Å². The molecule has 0 radical (unpaired) electrons. The molecule has 0 bridgehead atoms. The molecule has 17 aromatic rings. The molecule has 0 saturated heterocycles. The lowest BCUT2D eigenvalue weighted by molar-refractivity contribution is 0.668. The van der Waals surface area contributed by atoms with Crippen LogP contribution in [0.4, 0.5) is 34.1 Å². The summed E-state index contributed by atoms with van der Waals surface area (Å²) >= 11 is 0. The molecule has 454 valence electrons. The number of rotatable bonds is 8. The molecule has 0 saturated carbocycles. The second-order valence-corrected chi connectivity index (χ2v) is 34.0. The number of anilines is 6. The van der Waals surface area contributed by atoms with E-state index in [1.54, 1.807) is 0 Å². The second kappa shape index (κ2) is 21.5. The maximum Gasteiger partial charge on any atom is 0.184 e. The van der Waals surface area contributed by atoms with Crippen molar-refractivity contribution in [3.05, 3.63) is 338 Å². The molecule has 2 aliphatic rings. The van der Waals surface area contributed by atoms with Gasteiger partial charge in [-0.1, -0.05) is 265 Å². The van der Waals surface area contributed by atoms with Crippen LogP contribution < -0.4 is 51.3 Å². The van der Waals surface area contributed by atoms with E-state index in [1.165, 1.54) is 108 Å². The molecule has 4 heterocycles. The van der Waals surface area contributed by atoms with E-state index < -0.39 is 16.1 Å². The fourth-order valence-electron chi connectivity index (χ4n) is 16.7. The van der Waals surface area contributed by atoms with Gasteiger partial charge in [-0.3, -0.25) is 0 Å². The first-order chi connectivity index (χ1) is 47.2. The Morgan fingerprint density at radius 2 is 0.562 bits per heavy atom. The zero-order valence-corrected chi connectivity index (χ0v) is 55.7. The molecule has 0 fully saturated rings. The van der Waals surface area contributed by atoms with Crippen LogP contribution in [0.25, 0.3) is 87.7 Å². The highest BCUT2D eigenvalue weighted by Gasteiger charge is 2.51. The molecule has 0 aliphatic carbocycles. The van der Waals surface area contributed by atoms with Gasteiger partial charge in [-0.25, -0.2) is 0 Å². The van der Waals surface area contributed by atoms with Crippen molar-refractivity contribution in [2.45, 2.75) is 27.7 Å². The number of furan rings is 2. The summed E-state index contributed by atoms with van der Waals surface area (Å²) in [6.45, 7) is 8.78. The third-order valence-electron chi connectivity index (χ3n) is 21.0. The van der Waals surface area contributed by atoms with Crippen molar-refractivity contribution < 1.29 is 8.83 Å². The van der Waals surface area contributed by atoms with Crippen LogP contribution in [0.5, 0.6) is 0 Å². The van der Waals surface area contributed by atoms with Gasteiger partial charge in [-0.2, -0.15) is 0 Å². The highest BCUT2D eigenvalue weighted by molar-refractivity contribution is 7.22. The molecule has 0 N–H and O–H groups in total. The molecule has 0 unspecified atom stereocenters. The van der Waals surface area contributed by atoms with E-state index in [0.29, 0.717) is 0 Å². The van der Waals surface area contributed by atoms with Gasteiger partial charge >= 0.3 is 0 Å². The van der Waals surface area contributed by atoms with Crippen LogP contribution in [0, 0.1) is 27.7 Å². The van der Waals surface area contributed by atoms with E-state index in [4.69, 9.17) is 8.83 Å². The van der Waals surface area contributed by atoms with Crippen molar-refractivity contribution in [1.29, 1.82) is 0 Å². The van der Waals surface area contributed by atoms with Crippen LogP contribution in [-0.4, -0.2) is 16.1 Å². The molecule has 2 aromatic heterocycles. The Labute approximate surface area is 559 Å². The fourth-order valence-corrected chi connectivity index (χ4v) is 26.8. The number of hydrogen-bond acceptors (Lipinski definition) is 4. The van der Waals surface area contributed by atoms with Crippen LogP contribution in [0.2, 0.25) is 0 Å². The third kappa shape index (κ3) is 8.19. The summed E-state index contributed by atoms with van der Waals surface area (Å²) in [5, 5.41) is 19.9. The Balaban J connectivity index is 0.891. The SMILES string of the molecule is Cc1ccc([Si]2(c3ccc(C)cc3)c3ccccc3N(c3ccc4c(-c5ccccc5)c5cc(N6c7ccccc7[Si](c7ccc(C)cc7)(c7ccc(C)cc7)c7cc8c(cc76)oc6ccccc68)ccc5c(-c5ccccc5)c4c3)c3cc4oc5ccccc5c4cc32)cc1. The molecule has 4 nitrogen and oxygen atoms in total. The molecular formula is C90H64N2O2Si2. The van der Waals surface area contributed by atoms with E-state index in [9.17, 15) is 0 Å². The summed E-state index contributed by atoms with van der Waals surface area (Å²) in [5.74, 6) is 0. The maximum atomic E-state index is 6.93. The zero-order chi connectivity index (χ0) is 64.0. The Morgan fingerprint density at radius 1 is 0.229 bits per heavy atom. The summed E-state index contributed by atoms with van der Waals surface area (Å²) in [6, 6.07) is 120. The molecule has 0 amide bonds. The van der Waals surface area contributed by atoms with Gasteiger partial charge in [0.15, 0.2) is 16.1 Å². The Hall–Kier alpha value is -11.5. The first kappa shape index (κ1) is 56.0. The summed E-state index contributed by atoms with van der Waals surface area (Å²) in [5.41, 5.74) is 19.9. The topological polar surface area (TPSA) is 32.8 Å². The molecule has 0 atom stereocenters. The van der Waals surface area contributed by atoms with E-state index >= 15 is 0 Å². The molecule has 15 aromatic carbocycles. The monoisotopic (exact) mass is 1260 g/mol. The normalized spacial score (nSPS) is 13.8. The van der Waals surface area contributed by atoms with Crippen molar-refractivity contribution in [2.24, 2.45) is 0 Å². The van der Waals surface area contributed by atoms with E-state index in [2.05, 4.69) is 353 Å². The summed E-state index contributed by atoms with van der Waals surface area (Å²) in [4.78, 5) is 5.10. The van der Waals surface area contributed by atoms with Gasteiger partial charge < -0.3 is 18.6 Å². The van der Waals surface area contributed by atoms with Gasteiger partial charge in [0.1, 0.15) is 22.3 Å². The van der Waals surface area contributed by atoms with Crippen LogP contribution >= 0.6 is 0 Å². The summed E-state index contributed by atoms with van der Waals surface area (Å²) in [6.07, 6.45) is 0. The predicted octanol–water partition coefficient (Wildman–Crippen LogP) is 18.7. The number of benzene rings is 15. The quantitative estimate of drug-likeness (QED) is 0.112. The predicted molar refractivity (Wildman–Crippen MR) is 410 cm³/mol. The van der Waals surface area contributed by atoms with Gasteiger partial charge in [0, 0.05) is 56.4 Å². The zero-order valence-electron chi connectivity index (χ0n) is 53.7. The first-order valence-corrected chi connectivity index (χ1v) is 37.4. The number of hydrogen-bond donors (Lipinski definition) is 0. The molecule has 0 spiro atoms. The Morgan fingerprint density at radius 3 is 0.938 bits per heavy atom. The third-order valence-corrected chi connectivity index (χ3v) is 30.7. The summed E-state index contributed by atoms with van der Waals surface area (Å²) in [7, 11) is -6.21. The fraction of sp³-hybridized carbons (Fsp3) is 0.0444. The maximum absolute atomic E-state index is 6.93. The lowest BCUT2D eigenvalue weighted by atomic mass is 9.85. The lowest BCUT2D eigenvalue weighted by Gasteiger charge is -2.45. The number of nitrogens with zero attached hydrogens (tertiary/aromatic N) is 2. The van der Waals surface area contributed by atoms with Gasteiger partial charge in [-0.05, 0) is 174 Å². The minimum atomic E-state index is -3.10. The Kier molecular flexibility index (Phi) is 12.5. The van der Waals surface area contributed by atoms with Crippen molar-refractivity contribution in [3.8, 4) is 22.3 Å². The second-order valence-electron chi connectivity index (χ2n) is 26.5. The van der Waals surface area contributed by atoms with E-state index in [0.717, 1.165) is 77.8 Å². The highest BCUT2D eigenvalue weighted by Crippen LogP contribution is 2.51. The molecule has 6 heteroatoms. The van der Waals surface area contributed by atoms with Crippen LogP contribution in [0.15, 0.2) is 324 Å². The van der Waals surface area contributed by atoms with Crippen molar-refractivity contribution in [3.63, 3.8) is 0 Å². The smallest absolute Gasteiger partial charge is 0.184 e. The molecule has 2 aliphatic heterocycles. The average molecular weight is 1260 g/mol. The van der Waals surface area contributed by atoms with E-state index in [1.807, 2.05) is 0 Å². The van der Waals surface area contributed by atoms with Crippen LogP contribution in [-0.2, 0) is 0 Å². The highest BCUT2D eigenvalue weighted by atomic mass is 28.3. The van der Waals surface area contributed by atoms with Gasteiger partial charge in [0.2, 0.25) is 0 Å². The largest absolute Gasteiger partial charge is 0.456 e. The van der Waals surface area contributed by atoms with Crippen LogP contribution in [0.3, 0.4) is 0 Å². The van der Waals surface area contributed by atoms with Crippen molar-refractivity contribution >= 4 is 157 Å². The standard InChI is InChI=1S/C90H64N2O2Si2/c1-57-31-41-65(42-32-57)95(66-43-33-58(2)34-44-66)85-29-17-13-25-77(85)91(79-55-83-73(53-87(79)95)69-23-11-15-27-81(69)93-83)63-39-49-71-75(51-63)89(61-19-7-5-8-20-61)72-50-40-64(52-76(72)90(71)62-21-9-6-10-22-62)92-78-26-14-18-30-86(78)96(67-45-35-59(3)36-46-67,68-47-37-60(4)38-48-68)88-54-74-70-24-12-16-28-82(70)94-84(74)56-80(88)92/h5-56H,1-4H3. The lowest BCUT2D eigenvalue weighted by Crippen LogP contribution is -2.77. The van der Waals surface area contributed by atoms with E-state index in [-0.39, 0.29) is 0 Å². The minimum absolute atomic E-state index is 0.869. The number of fused-ring (bicyclic) bond motifs is 12. The first-order valence-electron chi connectivity index (χ1n) is 33.4. The molecule has 96 heavy (non-hydrogen) atoms. The number of aryl methyl sites for hydroxylation is 4. The van der Waals surface area contributed by atoms with Gasteiger partial charge in [0.25, 0.3) is 0 Å². The Bertz CT molecular complexity index is 5530. The summed E-state index contributed by atoms with van der Waals surface area (Å²) < 4.78 is 13.9. The minimum Gasteiger partial charge on any atom is -0.456 e. The number of para-hydroxylation sites is 4. The average Bonchev–Trinajstić information content (AvgIpc) is 0.960. The molecular weight excluding hydrogens is 1200 g/mol. The molecule has 19 rings (SSSR count). The van der Waals surface area contributed by atoms with Gasteiger partial charge in [-0.15, -0.1) is 0 Å². The van der Waals surface area contributed by atoms with Crippen molar-refractivity contribution in [2.75, 3.05) is 9.80 Å². The van der Waals surface area contributed by atoms with Crippen LogP contribution in [0.1, 0.15) is 22.3 Å². The van der Waals surface area contributed by atoms with Crippen molar-refractivity contribution in [1.82, 2.24) is 0 Å².